The van der Waals surface area contributed by atoms with Crippen LogP contribution < -0.4 is 9.80 Å². The molecule has 16 rings (SSSR count). The van der Waals surface area contributed by atoms with Gasteiger partial charge in [0.05, 0.1) is 27.1 Å². The molecule has 2 aliphatic rings. The SMILES string of the molecule is CC1(C)c2ccccc2-c2ccc(N(c3cc(F)cc(F)c3)c3ccc4c(c3)oc3c5cc(-c6ccccc6)cc6c7sc8cc(N(c9cc(F)cc(F)c9)c9ccc%10c(c9)C(C)(C)c9ccccc9-%10)ccc8c7n(c56)c43)cc21. The Bertz CT molecular complexity index is 4610. The summed E-state index contributed by atoms with van der Waals surface area (Å²) in [6, 6.07) is 64.0. The lowest BCUT2D eigenvalue weighted by atomic mass is 9.82. The van der Waals surface area contributed by atoms with Gasteiger partial charge in [-0.2, -0.15) is 0 Å². The minimum Gasteiger partial charge on any atom is -0.454 e. The third kappa shape index (κ3) is 6.54. The highest BCUT2D eigenvalue weighted by atomic mass is 32.1. The monoisotopic (exact) mass is 1050 g/mol. The number of anilines is 6. The maximum atomic E-state index is 15.3. The fraction of sp³-hybridized carbons (Fsp3) is 0.0857. The van der Waals surface area contributed by atoms with E-state index < -0.39 is 23.3 Å². The highest BCUT2D eigenvalue weighted by Crippen LogP contribution is 2.55. The van der Waals surface area contributed by atoms with E-state index in [1.54, 1.807) is 11.3 Å². The summed E-state index contributed by atoms with van der Waals surface area (Å²) in [7, 11) is 0. The summed E-state index contributed by atoms with van der Waals surface area (Å²) in [5, 5.41) is 3.93. The molecule has 79 heavy (non-hydrogen) atoms. The Morgan fingerprint density at radius 1 is 0.380 bits per heavy atom. The first-order chi connectivity index (χ1) is 38.3. The van der Waals surface area contributed by atoms with Gasteiger partial charge in [0.15, 0.2) is 5.58 Å². The van der Waals surface area contributed by atoms with Gasteiger partial charge in [0.1, 0.15) is 34.4 Å². The summed E-state index contributed by atoms with van der Waals surface area (Å²) in [5.74, 6) is -2.68. The predicted octanol–water partition coefficient (Wildman–Crippen LogP) is 20.6. The number of furan rings is 1. The van der Waals surface area contributed by atoms with E-state index >= 15 is 17.6 Å². The minimum absolute atomic E-state index is 0.301. The maximum absolute atomic E-state index is 15.3. The summed E-state index contributed by atoms with van der Waals surface area (Å²) in [6.07, 6.45) is 0. The molecular formula is C70H45F4N3OS. The van der Waals surface area contributed by atoms with Gasteiger partial charge in [-0.15, -0.1) is 11.3 Å². The molecule has 0 atom stereocenters. The zero-order valence-electron chi connectivity index (χ0n) is 43.2. The van der Waals surface area contributed by atoms with Crippen molar-refractivity contribution in [3.63, 3.8) is 0 Å². The van der Waals surface area contributed by atoms with Crippen LogP contribution in [0.3, 0.4) is 0 Å². The number of nitrogens with zero attached hydrogens (tertiary/aromatic N) is 3. The fourth-order valence-corrected chi connectivity index (χ4v) is 14.7. The first-order valence-corrected chi connectivity index (χ1v) is 27.3. The lowest BCUT2D eigenvalue weighted by Gasteiger charge is -2.28. The van der Waals surface area contributed by atoms with E-state index in [1.807, 2.05) is 58.3 Å². The summed E-state index contributed by atoms with van der Waals surface area (Å²) in [4.78, 5) is 3.86. The van der Waals surface area contributed by atoms with Gasteiger partial charge >= 0.3 is 0 Å². The highest BCUT2D eigenvalue weighted by molar-refractivity contribution is 7.26. The molecule has 0 bridgehead atoms. The Hall–Kier alpha value is -9.18. The number of halogens is 4. The van der Waals surface area contributed by atoms with E-state index in [0.29, 0.717) is 22.6 Å². The van der Waals surface area contributed by atoms with Crippen LogP contribution in [0.1, 0.15) is 49.9 Å². The van der Waals surface area contributed by atoms with E-state index in [2.05, 4.69) is 147 Å². The molecule has 0 amide bonds. The number of thiophene rings is 1. The molecule has 380 valence electrons. The topological polar surface area (TPSA) is 24.0 Å². The molecule has 0 N–H and O–H groups in total. The van der Waals surface area contributed by atoms with E-state index in [1.165, 1.54) is 46.5 Å². The van der Waals surface area contributed by atoms with Crippen LogP contribution in [0.15, 0.2) is 205 Å². The van der Waals surface area contributed by atoms with Crippen molar-refractivity contribution < 1.29 is 22.0 Å². The molecule has 0 radical (unpaired) electrons. The van der Waals surface area contributed by atoms with Crippen molar-refractivity contribution in [3.05, 3.63) is 246 Å². The number of rotatable bonds is 7. The predicted molar refractivity (Wildman–Crippen MR) is 316 cm³/mol. The molecule has 0 unspecified atom stereocenters. The molecule has 0 saturated heterocycles. The van der Waals surface area contributed by atoms with Gasteiger partial charge in [-0.05, 0) is 147 Å². The zero-order valence-corrected chi connectivity index (χ0v) is 44.0. The standard InChI is InChI=1S/C70H45F4N3OS/c1-69(2)58-16-10-8-14-50(58)52-22-18-44(34-60(52)69)75(48-30-40(71)28-41(72)31-48)46-20-24-54-62(36-46)78-67-56-26-39(38-12-6-5-7-13-38)27-57-64(56)77(65(54)67)66-55-25-21-47(37-63(55)79-68(57)66)76(49-32-42(73)29-43(74)33-49)45-19-23-53-51-15-9-11-17-59(51)70(3,4)61(53)35-45/h5-37H,1-4H3. The Kier molecular flexibility index (Phi) is 9.42. The smallest absolute Gasteiger partial charge is 0.161 e. The molecule has 4 heterocycles. The molecule has 0 fully saturated rings. The molecule has 10 aromatic carbocycles. The Morgan fingerprint density at radius 3 is 1.44 bits per heavy atom. The van der Waals surface area contributed by atoms with Crippen molar-refractivity contribution in [2.24, 2.45) is 0 Å². The van der Waals surface area contributed by atoms with Gasteiger partial charge in [0, 0.05) is 78.0 Å². The van der Waals surface area contributed by atoms with Gasteiger partial charge in [-0.1, -0.05) is 119 Å². The highest BCUT2D eigenvalue weighted by Gasteiger charge is 2.38. The molecule has 4 nitrogen and oxygen atoms in total. The molecule has 4 aromatic heterocycles. The zero-order chi connectivity index (χ0) is 53.4. The molecule has 14 aromatic rings. The lowest BCUT2D eigenvalue weighted by Crippen LogP contribution is -2.16. The van der Waals surface area contributed by atoms with Gasteiger partial charge in [-0.25, -0.2) is 17.6 Å². The molecule has 9 heteroatoms. The van der Waals surface area contributed by atoms with Gasteiger partial charge < -0.3 is 18.6 Å². The van der Waals surface area contributed by atoms with Crippen LogP contribution in [-0.2, 0) is 10.8 Å². The fourth-order valence-electron chi connectivity index (χ4n) is 13.5. The second-order valence-corrected chi connectivity index (χ2v) is 23.3. The first kappa shape index (κ1) is 46.0. The van der Waals surface area contributed by atoms with Crippen LogP contribution in [0.25, 0.3) is 92.0 Å². The number of hydrogen-bond acceptors (Lipinski definition) is 4. The van der Waals surface area contributed by atoms with Gasteiger partial charge in [0.25, 0.3) is 0 Å². The van der Waals surface area contributed by atoms with E-state index in [9.17, 15) is 0 Å². The Morgan fingerprint density at radius 2 is 0.861 bits per heavy atom. The van der Waals surface area contributed by atoms with Crippen LogP contribution >= 0.6 is 11.3 Å². The minimum atomic E-state index is -0.678. The number of benzene rings is 10. The second-order valence-electron chi connectivity index (χ2n) is 22.3. The number of fused-ring (bicyclic) bond motifs is 16. The average Bonchev–Trinajstić information content (AvgIpc) is 2.66. The largest absolute Gasteiger partial charge is 0.454 e. The van der Waals surface area contributed by atoms with E-state index in [0.717, 1.165) is 116 Å². The van der Waals surface area contributed by atoms with Crippen LogP contribution in [0.5, 0.6) is 0 Å². The summed E-state index contributed by atoms with van der Waals surface area (Å²) >= 11 is 1.69. The summed E-state index contributed by atoms with van der Waals surface area (Å²) in [6.45, 7) is 8.89. The summed E-state index contributed by atoms with van der Waals surface area (Å²) < 4.78 is 72.9. The van der Waals surface area contributed by atoms with Crippen LogP contribution in [0.4, 0.5) is 51.7 Å². The van der Waals surface area contributed by atoms with Crippen molar-refractivity contribution >= 4 is 104 Å². The molecule has 0 saturated carbocycles. The molecule has 2 aliphatic carbocycles. The van der Waals surface area contributed by atoms with Crippen molar-refractivity contribution in [2.45, 2.75) is 38.5 Å². The number of hydrogen-bond donors (Lipinski definition) is 0. The third-order valence-corrected chi connectivity index (χ3v) is 18.2. The normalized spacial score (nSPS) is 14.0. The Balaban J connectivity index is 0.904. The summed E-state index contributed by atoms with van der Waals surface area (Å²) in [5.41, 5.74) is 18.9. The second kappa shape index (κ2) is 16.2. The average molecular weight is 1050 g/mol. The van der Waals surface area contributed by atoms with Crippen LogP contribution in [-0.4, -0.2) is 4.40 Å². The van der Waals surface area contributed by atoms with Crippen LogP contribution in [0.2, 0.25) is 0 Å². The van der Waals surface area contributed by atoms with Gasteiger partial charge in [-0.3, -0.25) is 0 Å². The molecular weight excluding hydrogens is 1010 g/mol. The van der Waals surface area contributed by atoms with Crippen molar-refractivity contribution in [1.29, 1.82) is 0 Å². The Labute approximate surface area is 455 Å². The maximum Gasteiger partial charge on any atom is 0.161 e. The van der Waals surface area contributed by atoms with Crippen molar-refractivity contribution in [2.75, 3.05) is 9.80 Å². The van der Waals surface area contributed by atoms with Crippen molar-refractivity contribution in [1.82, 2.24) is 4.40 Å². The first-order valence-electron chi connectivity index (χ1n) is 26.5. The number of aromatic nitrogens is 1. The van der Waals surface area contributed by atoms with Crippen molar-refractivity contribution in [3.8, 4) is 33.4 Å². The quantitative estimate of drug-likeness (QED) is 0.149. The van der Waals surface area contributed by atoms with Gasteiger partial charge in [0.2, 0.25) is 0 Å². The molecule has 0 aliphatic heterocycles. The molecule has 0 spiro atoms. The lowest BCUT2D eigenvalue weighted by molar-refractivity contribution is 0.583. The van der Waals surface area contributed by atoms with Crippen LogP contribution in [0, 0.1) is 23.3 Å². The third-order valence-electron chi connectivity index (χ3n) is 17.0. The van der Waals surface area contributed by atoms with E-state index in [4.69, 9.17) is 4.42 Å². The van der Waals surface area contributed by atoms with E-state index in [-0.39, 0.29) is 10.8 Å².